The topological polar surface area (TPSA) is 37.6 Å². The number of carbonyl (C=O) groups is 1. The van der Waals surface area contributed by atoms with Gasteiger partial charge in [0.1, 0.15) is 0 Å². The van der Waals surface area contributed by atoms with Crippen LogP contribution in [0.5, 0.6) is 0 Å². The van der Waals surface area contributed by atoms with E-state index >= 15 is 0 Å². The van der Waals surface area contributed by atoms with Crippen molar-refractivity contribution in [2.45, 2.75) is 33.2 Å². The van der Waals surface area contributed by atoms with Gasteiger partial charge in [0, 0.05) is 29.2 Å². The number of fused-ring (bicyclic) bond motifs is 1. The van der Waals surface area contributed by atoms with Gasteiger partial charge in [0.15, 0.2) is 0 Å². The maximum absolute atomic E-state index is 13.0. The molecule has 4 nitrogen and oxygen atoms in total. The Morgan fingerprint density at radius 3 is 2.56 bits per heavy atom. The van der Waals surface area contributed by atoms with E-state index in [4.69, 9.17) is 0 Å². The Labute approximate surface area is 159 Å². The molecule has 0 saturated heterocycles. The molecule has 0 aliphatic carbocycles. The number of carbonyl (C=O) groups excluding carboxylic acids is 1. The molecule has 1 aromatic heterocycles. The maximum atomic E-state index is 13.0. The second-order valence-electron chi connectivity index (χ2n) is 6.84. The Balaban J connectivity index is 1.74. The van der Waals surface area contributed by atoms with Crippen LogP contribution in [0.3, 0.4) is 0 Å². The summed E-state index contributed by atoms with van der Waals surface area (Å²) in [5.74, 6) is -0.0795. The van der Waals surface area contributed by atoms with Crippen LogP contribution in [0.4, 0.5) is 5.69 Å². The van der Waals surface area contributed by atoms with Crippen molar-refractivity contribution in [3.8, 4) is 0 Å². The molecule has 0 radical (unpaired) electrons. The summed E-state index contributed by atoms with van der Waals surface area (Å²) in [6.07, 6.45) is 6.42. The number of hydrogen-bond acceptors (Lipinski definition) is 2. The third-order valence-electron chi connectivity index (χ3n) is 4.94. The lowest BCUT2D eigenvalue weighted by Crippen LogP contribution is -2.21. The Hall–Kier alpha value is -3.14. The van der Waals surface area contributed by atoms with E-state index < -0.39 is 0 Å². The monoisotopic (exact) mass is 357 g/mol. The molecule has 4 rings (SSSR count). The molecule has 0 spiro atoms. The summed E-state index contributed by atoms with van der Waals surface area (Å²) in [5, 5.41) is 7.13. The summed E-state index contributed by atoms with van der Waals surface area (Å²) in [7, 11) is 0. The zero-order valence-electron chi connectivity index (χ0n) is 15.7. The first-order valence-electron chi connectivity index (χ1n) is 9.43. The predicted octanol–water partition coefficient (Wildman–Crippen LogP) is 5.25. The molecule has 0 saturated carbocycles. The summed E-state index contributed by atoms with van der Waals surface area (Å²) in [6.45, 7) is 5.07. The van der Waals surface area contributed by atoms with Crippen LogP contribution in [-0.4, -0.2) is 16.2 Å². The van der Waals surface area contributed by atoms with Crippen LogP contribution < -0.4 is 5.01 Å². The zero-order valence-corrected chi connectivity index (χ0v) is 15.7. The highest BCUT2D eigenvalue weighted by Gasteiger charge is 2.28. The number of aromatic nitrogens is 1. The van der Waals surface area contributed by atoms with Crippen LogP contribution in [0.1, 0.15) is 32.3 Å². The van der Waals surface area contributed by atoms with Gasteiger partial charge in [-0.25, -0.2) is 0 Å². The lowest BCUT2D eigenvalue weighted by atomic mass is 10.1. The molecule has 0 bridgehead atoms. The van der Waals surface area contributed by atoms with Gasteiger partial charge >= 0.3 is 0 Å². The van der Waals surface area contributed by atoms with Crippen molar-refractivity contribution in [3.63, 3.8) is 0 Å². The fraction of sp³-hybridized carbons (Fsp3) is 0.217. The number of benzene rings is 2. The molecule has 1 aliphatic rings. The van der Waals surface area contributed by atoms with Crippen molar-refractivity contribution in [1.82, 2.24) is 4.57 Å². The van der Waals surface area contributed by atoms with Crippen LogP contribution in [0.25, 0.3) is 17.0 Å². The van der Waals surface area contributed by atoms with E-state index in [0.29, 0.717) is 5.57 Å². The summed E-state index contributed by atoms with van der Waals surface area (Å²) >= 11 is 0. The Morgan fingerprint density at radius 1 is 1.04 bits per heavy atom. The van der Waals surface area contributed by atoms with E-state index in [1.54, 1.807) is 0 Å². The maximum Gasteiger partial charge on any atom is 0.280 e. The molecule has 3 aromatic rings. The second kappa shape index (κ2) is 7.23. The SMILES string of the molecule is CCCCn1cc(/C=C2\C(=O)N(c3ccccc3)N=C2C)c2ccccc21. The number of nitrogens with zero attached hydrogens (tertiary/aromatic N) is 3. The first-order chi connectivity index (χ1) is 13.2. The number of amides is 1. The van der Waals surface area contributed by atoms with Crippen molar-refractivity contribution >= 4 is 34.3 Å². The van der Waals surface area contributed by atoms with Gasteiger partial charge in [-0.3, -0.25) is 4.79 Å². The standard InChI is InChI=1S/C23H23N3O/c1-3-4-14-25-16-18(20-12-8-9-13-22(20)25)15-21-17(2)24-26(23(21)27)19-10-6-5-7-11-19/h5-13,15-16H,3-4,14H2,1-2H3/b21-15-. The van der Waals surface area contributed by atoms with Crippen LogP contribution in [0.15, 0.2) is 71.5 Å². The zero-order chi connectivity index (χ0) is 18.8. The largest absolute Gasteiger partial charge is 0.347 e. The number of para-hydroxylation sites is 2. The molecule has 0 atom stereocenters. The van der Waals surface area contributed by atoms with Gasteiger partial charge in [-0.15, -0.1) is 0 Å². The van der Waals surface area contributed by atoms with Gasteiger partial charge in [-0.05, 0) is 37.6 Å². The lowest BCUT2D eigenvalue weighted by molar-refractivity contribution is -0.114. The summed E-state index contributed by atoms with van der Waals surface area (Å²) in [5.41, 5.74) is 4.45. The average Bonchev–Trinajstić information content (AvgIpc) is 3.19. The van der Waals surface area contributed by atoms with E-state index in [0.717, 1.165) is 36.3 Å². The van der Waals surface area contributed by atoms with Gasteiger partial charge < -0.3 is 4.57 Å². The predicted molar refractivity (Wildman–Crippen MR) is 112 cm³/mol. The van der Waals surface area contributed by atoms with E-state index in [9.17, 15) is 4.79 Å². The molecule has 1 aliphatic heterocycles. The van der Waals surface area contributed by atoms with E-state index in [1.165, 1.54) is 15.9 Å². The molecule has 4 heteroatoms. The van der Waals surface area contributed by atoms with Crippen molar-refractivity contribution in [1.29, 1.82) is 0 Å². The van der Waals surface area contributed by atoms with Gasteiger partial charge in [-0.2, -0.15) is 10.1 Å². The van der Waals surface area contributed by atoms with Gasteiger partial charge in [0.25, 0.3) is 5.91 Å². The van der Waals surface area contributed by atoms with Crippen molar-refractivity contribution < 1.29 is 4.79 Å². The summed E-state index contributed by atoms with van der Waals surface area (Å²) < 4.78 is 2.28. The highest BCUT2D eigenvalue weighted by atomic mass is 16.2. The fourth-order valence-corrected chi connectivity index (χ4v) is 3.49. The molecule has 27 heavy (non-hydrogen) atoms. The van der Waals surface area contributed by atoms with Crippen LogP contribution in [0.2, 0.25) is 0 Å². The third-order valence-corrected chi connectivity index (χ3v) is 4.94. The Bertz CT molecular complexity index is 1040. The highest BCUT2D eigenvalue weighted by molar-refractivity contribution is 6.32. The second-order valence-corrected chi connectivity index (χ2v) is 6.84. The minimum atomic E-state index is -0.0795. The molecular formula is C23H23N3O. The van der Waals surface area contributed by atoms with Gasteiger partial charge in [0.2, 0.25) is 0 Å². The van der Waals surface area contributed by atoms with Gasteiger partial charge in [0.05, 0.1) is 17.0 Å². The first-order valence-corrected chi connectivity index (χ1v) is 9.43. The highest BCUT2D eigenvalue weighted by Crippen LogP contribution is 2.28. The van der Waals surface area contributed by atoms with Crippen molar-refractivity contribution in [2.24, 2.45) is 5.10 Å². The first kappa shape index (κ1) is 17.3. The normalized spacial score (nSPS) is 15.8. The lowest BCUT2D eigenvalue weighted by Gasteiger charge is -2.10. The summed E-state index contributed by atoms with van der Waals surface area (Å²) in [6, 6.07) is 17.9. The van der Waals surface area contributed by atoms with Crippen LogP contribution >= 0.6 is 0 Å². The quantitative estimate of drug-likeness (QED) is 0.575. The smallest absolute Gasteiger partial charge is 0.280 e. The molecule has 2 aromatic carbocycles. The van der Waals surface area contributed by atoms with E-state index in [2.05, 4.69) is 41.0 Å². The Morgan fingerprint density at radius 2 is 1.78 bits per heavy atom. The number of aryl methyl sites for hydroxylation is 1. The molecule has 2 heterocycles. The minimum absolute atomic E-state index is 0.0795. The number of unbranched alkanes of at least 4 members (excludes halogenated alkanes) is 1. The molecular weight excluding hydrogens is 334 g/mol. The fourth-order valence-electron chi connectivity index (χ4n) is 3.49. The minimum Gasteiger partial charge on any atom is -0.347 e. The molecule has 0 fully saturated rings. The number of anilines is 1. The molecule has 0 N–H and O–H groups in total. The van der Waals surface area contributed by atoms with E-state index in [-0.39, 0.29) is 5.91 Å². The third kappa shape index (κ3) is 3.19. The molecule has 1 amide bonds. The van der Waals surface area contributed by atoms with Crippen LogP contribution in [0, 0.1) is 0 Å². The Kier molecular flexibility index (Phi) is 4.63. The molecule has 0 unspecified atom stereocenters. The number of rotatable bonds is 5. The number of hydrogen-bond donors (Lipinski definition) is 0. The van der Waals surface area contributed by atoms with Gasteiger partial charge in [-0.1, -0.05) is 49.7 Å². The van der Waals surface area contributed by atoms with Crippen molar-refractivity contribution in [2.75, 3.05) is 5.01 Å². The molecule has 136 valence electrons. The van der Waals surface area contributed by atoms with Crippen molar-refractivity contribution in [3.05, 3.63) is 71.9 Å². The average molecular weight is 357 g/mol. The van der Waals surface area contributed by atoms with Crippen LogP contribution in [-0.2, 0) is 11.3 Å². The number of hydrazone groups is 1. The van der Waals surface area contributed by atoms with E-state index in [1.807, 2.05) is 49.4 Å². The summed E-state index contributed by atoms with van der Waals surface area (Å²) in [4.78, 5) is 13.0.